The molecule has 2 N–H and O–H groups in total. The zero-order valence-electron chi connectivity index (χ0n) is 12.0. The fourth-order valence-electron chi connectivity index (χ4n) is 1.51. The number of hydrogen-bond donors (Lipinski definition) is 2. The lowest BCUT2D eigenvalue weighted by molar-refractivity contribution is 0.224. The smallest absolute Gasteiger partial charge is 0.180 e. The van der Waals surface area contributed by atoms with Crippen LogP contribution in [-0.2, 0) is 0 Å². The number of hydrogen-bond acceptors (Lipinski definition) is 5. The Balaban J connectivity index is 2.96. The van der Waals surface area contributed by atoms with Gasteiger partial charge in [-0.2, -0.15) is 5.10 Å². The van der Waals surface area contributed by atoms with Crippen LogP contribution in [0.4, 0.5) is 0 Å². The molecule has 0 saturated carbocycles. The van der Waals surface area contributed by atoms with Gasteiger partial charge in [-0.1, -0.05) is 11.6 Å². The number of hydrazone groups is 1. The first kappa shape index (κ1) is 16.6. The molecular weight excluding hydrogens is 280 g/mol. The van der Waals surface area contributed by atoms with Crippen LogP contribution in [0.3, 0.4) is 0 Å². The Kier molecular flexibility index (Phi) is 7.18. The Hall–Kier alpha value is -1.46. The molecule has 0 amide bonds. The Labute approximate surface area is 124 Å². The molecule has 112 valence electrons. The molecule has 1 aromatic rings. The number of aliphatic hydroxyl groups excluding tert-OH is 1. The molecule has 0 spiro atoms. The summed E-state index contributed by atoms with van der Waals surface area (Å²) in [4.78, 5) is 0. The maximum Gasteiger partial charge on any atom is 0.180 e. The van der Waals surface area contributed by atoms with Gasteiger partial charge in [0, 0.05) is 0 Å². The van der Waals surface area contributed by atoms with E-state index in [1.807, 2.05) is 26.8 Å². The summed E-state index contributed by atoms with van der Waals surface area (Å²) in [5.74, 6) is 1.14. The maximum absolute atomic E-state index is 8.65. The Bertz CT molecular complexity index is 450. The van der Waals surface area contributed by atoms with Crippen molar-refractivity contribution in [2.24, 2.45) is 5.10 Å². The van der Waals surface area contributed by atoms with Gasteiger partial charge in [0.2, 0.25) is 0 Å². The topological polar surface area (TPSA) is 63.1 Å². The van der Waals surface area contributed by atoms with Gasteiger partial charge < -0.3 is 20.0 Å². The highest BCUT2D eigenvalue weighted by molar-refractivity contribution is 6.32. The molecule has 0 fully saturated rings. The van der Waals surface area contributed by atoms with E-state index in [0.717, 1.165) is 5.56 Å². The Morgan fingerprint density at radius 1 is 1.45 bits per heavy atom. The predicted molar refractivity (Wildman–Crippen MR) is 81.1 cm³/mol. The number of benzene rings is 1. The summed E-state index contributed by atoms with van der Waals surface area (Å²) in [5, 5.41) is 13.1. The van der Waals surface area contributed by atoms with Gasteiger partial charge in [0.15, 0.2) is 11.5 Å². The fraction of sp³-hybridized carbons (Fsp3) is 0.500. The molecule has 1 rings (SSSR count). The monoisotopic (exact) mass is 300 g/mol. The molecule has 0 heterocycles. The van der Waals surface area contributed by atoms with Crippen molar-refractivity contribution in [3.8, 4) is 11.5 Å². The SMILES string of the molecule is CCOc1cc(C=NNCCO)cc(Cl)c1OC(C)C. The maximum atomic E-state index is 8.65. The summed E-state index contributed by atoms with van der Waals surface area (Å²) in [6.07, 6.45) is 1.63. The summed E-state index contributed by atoms with van der Waals surface area (Å²) < 4.78 is 11.2. The minimum Gasteiger partial charge on any atom is -0.490 e. The minimum atomic E-state index is 0.0115. The molecule has 0 bridgehead atoms. The van der Waals surface area contributed by atoms with Crippen molar-refractivity contribution in [1.29, 1.82) is 0 Å². The van der Waals surface area contributed by atoms with Crippen LogP contribution in [0.15, 0.2) is 17.2 Å². The summed E-state index contributed by atoms with van der Waals surface area (Å²) in [5.41, 5.74) is 3.50. The molecule has 0 aromatic heterocycles. The van der Waals surface area contributed by atoms with E-state index in [1.165, 1.54) is 0 Å². The van der Waals surface area contributed by atoms with Crippen molar-refractivity contribution in [2.75, 3.05) is 19.8 Å². The van der Waals surface area contributed by atoms with Crippen LogP contribution in [0.5, 0.6) is 11.5 Å². The second-order valence-electron chi connectivity index (χ2n) is 4.32. The van der Waals surface area contributed by atoms with Gasteiger partial charge in [-0.25, -0.2) is 0 Å². The summed E-state index contributed by atoms with van der Waals surface area (Å²) in [6, 6.07) is 3.57. The molecule has 20 heavy (non-hydrogen) atoms. The second kappa shape index (κ2) is 8.66. The van der Waals surface area contributed by atoms with E-state index in [1.54, 1.807) is 12.3 Å². The van der Waals surface area contributed by atoms with Crippen LogP contribution >= 0.6 is 11.6 Å². The first-order valence-corrected chi connectivity index (χ1v) is 6.96. The highest BCUT2D eigenvalue weighted by Gasteiger charge is 2.13. The van der Waals surface area contributed by atoms with Crippen molar-refractivity contribution in [3.63, 3.8) is 0 Å². The molecule has 1 aromatic carbocycles. The van der Waals surface area contributed by atoms with Gasteiger partial charge in [0.25, 0.3) is 0 Å². The largest absolute Gasteiger partial charge is 0.490 e. The van der Waals surface area contributed by atoms with Crippen LogP contribution in [0.1, 0.15) is 26.3 Å². The fourth-order valence-corrected chi connectivity index (χ4v) is 1.77. The number of nitrogens with zero attached hydrogens (tertiary/aromatic N) is 1. The van der Waals surface area contributed by atoms with Gasteiger partial charge in [-0.05, 0) is 38.5 Å². The average molecular weight is 301 g/mol. The van der Waals surface area contributed by atoms with Crippen LogP contribution in [0.2, 0.25) is 5.02 Å². The first-order chi connectivity index (χ1) is 9.58. The lowest BCUT2D eigenvalue weighted by atomic mass is 10.2. The summed E-state index contributed by atoms with van der Waals surface area (Å²) in [7, 11) is 0. The van der Waals surface area contributed by atoms with Crippen LogP contribution in [0.25, 0.3) is 0 Å². The lowest BCUT2D eigenvalue weighted by Gasteiger charge is -2.16. The van der Waals surface area contributed by atoms with E-state index in [-0.39, 0.29) is 12.7 Å². The molecule has 0 saturated heterocycles. The molecule has 0 aliphatic rings. The number of rotatable bonds is 8. The van der Waals surface area contributed by atoms with E-state index in [9.17, 15) is 0 Å². The highest BCUT2D eigenvalue weighted by atomic mass is 35.5. The quantitative estimate of drug-likeness (QED) is 0.440. The van der Waals surface area contributed by atoms with Crippen molar-refractivity contribution in [2.45, 2.75) is 26.9 Å². The zero-order valence-corrected chi connectivity index (χ0v) is 12.8. The number of nitrogens with one attached hydrogen (secondary N) is 1. The summed E-state index contributed by atoms with van der Waals surface area (Å²) >= 11 is 6.23. The molecule has 0 aliphatic heterocycles. The van der Waals surface area contributed by atoms with Gasteiger partial charge in [-0.15, -0.1) is 0 Å². The summed E-state index contributed by atoms with van der Waals surface area (Å²) in [6.45, 7) is 6.71. The highest BCUT2D eigenvalue weighted by Crippen LogP contribution is 2.37. The third-order valence-electron chi connectivity index (χ3n) is 2.21. The third-order valence-corrected chi connectivity index (χ3v) is 2.49. The molecule has 0 aliphatic carbocycles. The van der Waals surface area contributed by atoms with Gasteiger partial charge in [0.05, 0.1) is 37.1 Å². The Morgan fingerprint density at radius 3 is 2.80 bits per heavy atom. The number of halogens is 1. The molecule has 0 atom stereocenters. The molecule has 6 heteroatoms. The van der Waals surface area contributed by atoms with Gasteiger partial charge in [-0.3, -0.25) is 0 Å². The minimum absolute atomic E-state index is 0.0115. The van der Waals surface area contributed by atoms with Gasteiger partial charge >= 0.3 is 0 Å². The van der Waals surface area contributed by atoms with E-state index < -0.39 is 0 Å². The molecule has 0 unspecified atom stereocenters. The van der Waals surface area contributed by atoms with Gasteiger partial charge in [0.1, 0.15) is 0 Å². The number of ether oxygens (including phenoxy) is 2. The first-order valence-electron chi connectivity index (χ1n) is 6.58. The van der Waals surface area contributed by atoms with Crippen LogP contribution < -0.4 is 14.9 Å². The average Bonchev–Trinajstić information content (AvgIpc) is 2.39. The third kappa shape index (κ3) is 5.27. The van der Waals surface area contributed by atoms with E-state index in [2.05, 4.69) is 10.5 Å². The van der Waals surface area contributed by atoms with E-state index in [4.69, 9.17) is 26.2 Å². The second-order valence-corrected chi connectivity index (χ2v) is 4.73. The normalized spacial score (nSPS) is 11.1. The molecular formula is C14H21ClN2O3. The van der Waals surface area contributed by atoms with Crippen molar-refractivity contribution < 1.29 is 14.6 Å². The number of aliphatic hydroxyl groups is 1. The standard InChI is InChI=1S/C14H21ClN2O3/c1-4-19-13-8-11(9-17-16-5-6-18)7-12(15)14(13)20-10(2)3/h7-10,16,18H,4-6H2,1-3H3. The predicted octanol–water partition coefficient (Wildman–Crippen LogP) is 2.44. The van der Waals surface area contributed by atoms with E-state index >= 15 is 0 Å². The van der Waals surface area contributed by atoms with Crippen LogP contribution in [-0.4, -0.2) is 37.2 Å². The van der Waals surface area contributed by atoms with Crippen molar-refractivity contribution >= 4 is 17.8 Å². The molecule has 5 nitrogen and oxygen atoms in total. The molecule has 0 radical (unpaired) electrons. The van der Waals surface area contributed by atoms with Crippen molar-refractivity contribution in [3.05, 3.63) is 22.7 Å². The van der Waals surface area contributed by atoms with E-state index in [0.29, 0.717) is 29.7 Å². The zero-order chi connectivity index (χ0) is 15.0. The Morgan fingerprint density at radius 2 is 2.20 bits per heavy atom. The van der Waals surface area contributed by atoms with Crippen molar-refractivity contribution in [1.82, 2.24) is 5.43 Å². The lowest BCUT2D eigenvalue weighted by Crippen LogP contribution is -2.11. The van der Waals surface area contributed by atoms with Crippen LogP contribution in [0, 0.1) is 0 Å².